The highest BCUT2D eigenvalue weighted by Gasteiger charge is 2.10. The van der Waals surface area contributed by atoms with E-state index in [1.165, 1.54) is 10.9 Å². The average molecular weight is 281 g/mol. The van der Waals surface area contributed by atoms with Crippen LogP contribution in [0.15, 0.2) is 24.4 Å². The van der Waals surface area contributed by atoms with Gasteiger partial charge in [0, 0.05) is 41.3 Å². The van der Waals surface area contributed by atoms with Gasteiger partial charge in [-0.25, -0.2) is 0 Å². The predicted octanol–water partition coefficient (Wildman–Crippen LogP) is 3.17. The molecule has 3 nitrogen and oxygen atoms in total. The third-order valence-corrected chi connectivity index (χ3v) is 3.32. The minimum Gasteiger partial charge on any atom is -0.392 e. The van der Waals surface area contributed by atoms with Crippen LogP contribution in [-0.2, 0) is 13.1 Å². The van der Waals surface area contributed by atoms with Crippen LogP contribution in [0, 0.1) is 0 Å². The molecule has 0 radical (unpaired) electrons. The Morgan fingerprint density at radius 1 is 1.32 bits per heavy atom. The SMILES string of the molecule is CC(O)Cn1cc(CNC(C)C)c2ccc(Cl)cc21. The van der Waals surface area contributed by atoms with Crippen LogP contribution in [0.25, 0.3) is 10.9 Å². The molecule has 1 aromatic carbocycles. The molecule has 0 fully saturated rings. The summed E-state index contributed by atoms with van der Waals surface area (Å²) in [5.74, 6) is 0. The van der Waals surface area contributed by atoms with E-state index in [0.717, 1.165) is 17.1 Å². The van der Waals surface area contributed by atoms with Gasteiger partial charge < -0.3 is 15.0 Å². The number of rotatable bonds is 5. The third kappa shape index (κ3) is 3.50. The van der Waals surface area contributed by atoms with Gasteiger partial charge in [-0.1, -0.05) is 31.5 Å². The molecule has 2 N–H and O–H groups in total. The van der Waals surface area contributed by atoms with E-state index in [0.29, 0.717) is 12.6 Å². The van der Waals surface area contributed by atoms with Crippen LogP contribution in [0.3, 0.4) is 0 Å². The van der Waals surface area contributed by atoms with E-state index < -0.39 is 0 Å². The summed E-state index contributed by atoms with van der Waals surface area (Å²) in [6.07, 6.45) is 1.73. The van der Waals surface area contributed by atoms with Gasteiger partial charge in [0.15, 0.2) is 0 Å². The highest BCUT2D eigenvalue weighted by atomic mass is 35.5. The molecule has 0 aliphatic rings. The second kappa shape index (κ2) is 5.95. The lowest BCUT2D eigenvalue weighted by Crippen LogP contribution is -2.21. The van der Waals surface area contributed by atoms with Crippen LogP contribution in [0.2, 0.25) is 5.02 Å². The van der Waals surface area contributed by atoms with Crippen molar-refractivity contribution in [2.45, 2.75) is 46.0 Å². The molecule has 0 amide bonds. The van der Waals surface area contributed by atoms with Crippen LogP contribution in [-0.4, -0.2) is 21.8 Å². The number of hydrogen-bond donors (Lipinski definition) is 2. The van der Waals surface area contributed by atoms with E-state index in [9.17, 15) is 5.11 Å². The van der Waals surface area contributed by atoms with Crippen molar-refractivity contribution in [2.24, 2.45) is 0 Å². The van der Waals surface area contributed by atoms with Crippen LogP contribution in [0.5, 0.6) is 0 Å². The van der Waals surface area contributed by atoms with E-state index >= 15 is 0 Å². The lowest BCUT2D eigenvalue weighted by Gasteiger charge is -2.07. The van der Waals surface area contributed by atoms with Gasteiger partial charge in [0.05, 0.1) is 6.10 Å². The summed E-state index contributed by atoms with van der Waals surface area (Å²) in [7, 11) is 0. The molecule has 0 saturated heterocycles. The smallest absolute Gasteiger partial charge is 0.0691 e. The van der Waals surface area contributed by atoms with E-state index in [-0.39, 0.29) is 6.10 Å². The molecule has 104 valence electrons. The molecule has 4 heteroatoms. The van der Waals surface area contributed by atoms with Gasteiger partial charge in [-0.2, -0.15) is 0 Å². The van der Waals surface area contributed by atoms with Crippen LogP contribution in [0.1, 0.15) is 26.3 Å². The largest absolute Gasteiger partial charge is 0.392 e. The fourth-order valence-corrected chi connectivity index (χ4v) is 2.40. The fourth-order valence-electron chi connectivity index (χ4n) is 2.23. The third-order valence-electron chi connectivity index (χ3n) is 3.09. The molecule has 0 spiro atoms. The first-order valence-corrected chi connectivity index (χ1v) is 7.04. The molecule has 2 rings (SSSR count). The number of aliphatic hydroxyl groups is 1. The van der Waals surface area contributed by atoms with Gasteiger partial charge >= 0.3 is 0 Å². The summed E-state index contributed by atoms with van der Waals surface area (Å²) in [6, 6.07) is 6.36. The van der Waals surface area contributed by atoms with E-state index in [1.807, 2.05) is 18.2 Å². The first-order valence-electron chi connectivity index (χ1n) is 6.66. The molecule has 0 bridgehead atoms. The van der Waals surface area contributed by atoms with Gasteiger partial charge in [-0.15, -0.1) is 0 Å². The Kier molecular flexibility index (Phi) is 4.50. The lowest BCUT2D eigenvalue weighted by molar-refractivity contribution is 0.175. The van der Waals surface area contributed by atoms with Crippen molar-refractivity contribution in [3.8, 4) is 0 Å². The Morgan fingerprint density at radius 2 is 2.05 bits per heavy atom. The summed E-state index contributed by atoms with van der Waals surface area (Å²) in [5.41, 5.74) is 2.31. The molecule has 0 aliphatic carbocycles. The van der Waals surface area contributed by atoms with E-state index in [2.05, 4.69) is 29.9 Å². The quantitative estimate of drug-likeness (QED) is 0.883. The molecular formula is C15H21ClN2O. The summed E-state index contributed by atoms with van der Waals surface area (Å²) in [4.78, 5) is 0. The first kappa shape index (κ1) is 14.4. The van der Waals surface area contributed by atoms with Crippen molar-refractivity contribution >= 4 is 22.5 Å². The Morgan fingerprint density at radius 3 is 2.68 bits per heavy atom. The normalized spacial score (nSPS) is 13.4. The van der Waals surface area contributed by atoms with Crippen molar-refractivity contribution in [3.63, 3.8) is 0 Å². The Bertz CT molecular complexity index is 561. The number of fused-ring (bicyclic) bond motifs is 1. The van der Waals surface area contributed by atoms with Crippen molar-refractivity contribution in [2.75, 3.05) is 0 Å². The first-order chi connectivity index (χ1) is 8.97. The average Bonchev–Trinajstić information content (AvgIpc) is 2.63. The lowest BCUT2D eigenvalue weighted by atomic mass is 10.1. The topological polar surface area (TPSA) is 37.2 Å². The summed E-state index contributed by atoms with van der Waals surface area (Å²) < 4.78 is 2.07. The Hall–Kier alpha value is -1.03. The van der Waals surface area contributed by atoms with Crippen molar-refractivity contribution < 1.29 is 5.11 Å². The summed E-state index contributed by atoms with van der Waals surface area (Å²) in [5, 5.41) is 14.9. The number of hydrogen-bond acceptors (Lipinski definition) is 2. The number of halogens is 1. The number of nitrogens with zero attached hydrogens (tertiary/aromatic N) is 1. The predicted molar refractivity (Wildman–Crippen MR) is 80.6 cm³/mol. The second-order valence-electron chi connectivity index (χ2n) is 5.35. The molecule has 1 unspecified atom stereocenters. The molecule has 19 heavy (non-hydrogen) atoms. The number of nitrogens with one attached hydrogen (secondary N) is 1. The van der Waals surface area contributed by atoms with Gasteiger partial charge in [0.2, 0.25) is 0 Å². The fraction of sp³-hybridized carbons (Fsp3) is 0.467. The molecule has 1 atom stereocenters. The standard InChI is InChI=1S/C15H21ClN2O/c1-10(2)17-7-12-9-18(8-11(3)19)15-6-13(16)4-5-14(12)15/h4-6,9-11,17,19H,7-8H2,1-3H3. The number of aromatic nitrogens is 1. The van der Waals surface area contributed by atoms with Gasteiger partial charge in [-0.3, -0.25) is 0 Å². The minimum atomic E-state index is -0.375. The van der Waals surface area contributed by atoms with Crippen LogP contribution in [0.4, 0.5) is 0 Å². The van der Waals surface area contributed by atoms with Crippen molar-refractivity contribution in [1.29, 1.82) is 0 Å². The Balaban J connectivity index is 2.41. The molecule has 0 saturated carbocycles. The monoisotopic (exact) mass is 280 g/mol. The number of benzene rings is 1. The minimum absolute atomic E-state index is 0.375. The van der Waals surface area contributed by atoms with E-state index in [4.69, 9.17) is 11.6 Å². The van der Waals surface area contributed by atoms with Gasteiger partial charge in [0.1, 0.15) is 0 Å². The second-order valence-corrected chi connectivity index (χ2v) is 5.79. The molecule has 0 aliphatic heterocycles. The summed E-state index contributed by atoms with van der Waals surface area (Å²) >= 11 is 6.07. The van der Waals surface area contributed by atoms with E-state index in [1.54, 1.807) is 6.92 Å². The van der Waals surface area contributed by atoms with Crippen molar-refractivity contribution in [1.82, 2.24) is 9.88 Å². The summed E-state index contributed by atoms with van der Waals surface area (Å²) in [6.45, 7) is 7.46. The number of aliphatic hydroxyl groups excluding tert-OH is 1. The maximum absolute atomic E-state index is 9.59. The zero-order valence-electron chi connectivity index (χ0n) is 11.7. The highest BCUT2D eigenvalue weighted by Crippen LogP contribution is 2.25. The van der Waals surface area contributed by atoms with Crippen molar-refractivity contribution in [3.05, 3.63) is 35.0 Å². The maximum atomic E-state index is 9.59. The molecule has 1 aromatic heterocycles. The zero-order valence-corrected chi connectivity index (χ0v) is 12.4. The van der Waals surface area contributed by atoms with Crippen LogP contribution >= 0.6 is 11.6 Å². The zero-order chi connectivity index (χ0) is 14.0. The van der Waals surface area contributed by atoms with Gasteiger partial charge in [-0.05, 0) is 24.6 Å². The molecular weight excluding hydrogens is 260 g/mol. The highest BCUT2D eigenvalue weighted by molar-refractivity contribution is 6.31. The Labute approximate surface area is 119 Å². The maximum Gasteiger partial charge on any atom is 0.0691 e. The molecule has 2 aromatic rings. The molecule has 1 heterocycles. The van der Waals surface area contributed by atoms with Gasteiger partial charge in [0.25, 0.3) is 0 Å². The van der Waals surface area contributed by atoms with Crippen LogP contribution < -0.4 is 5.32 Å².